The first-order valence-electron chi connectivity index (χ1n) is 20.2. The molecule has 0 aliphatic carbocycles. The zero-order chi connectivity index (χ0) is 40.9. The number of para-hydroxylation sites is 1. The van der Waals surface area contributed by atoms with Crippen molar-refractivity contribution in [3.8, 4) is 45.2 Å². The van der Waals surface area contributed by atoms with E-state index in [4.69, 9.17) is 19.4 Å². The van der Waals surface area contributed by atoms with Gasteiger partial charge in [-0.15, -0.1) is 0 Å². The van der Waals surface area contributed by atoms with Gasteiger partial charge in [0.2, 0.25) is 0 Å². The van der Waals surface area contributed by atoms with Crippen LogP contribution in [0.3, 0.4) is 0 Å². The normalized spacial score (nSPS) is 12.7. The largest absolute Gasteiger partial charge is 0.507 e. The summed E-state index contributed by atoms with van der Waals surface area (Å²) < 4.78 is 8.71. The number of hydrogen-bond acceptors (Lipinski definition) is 5. The summed E-state index contributed by atoms with van der Waals surface area (Å²) in [6.07, 6.45) is 3.72. The maximum atomic E-state index is 11.6. The molecule has 0 atom stereocenters. The Morgan fingerprint density at radius 1 is 0.586 bits per heavy atom. The SMILES string of the molecule is Cc1ccnc2c(-c3cc(-c4nc5c(-c6c(O)ccc7c6oc6ccccc67)nccc5n4-c4ccc(C(C)(C)C)cc4)cc(C(C)(C)C)c3)cc(C(C)(C)C)cc12. The molecule has 58 heavy (non-hydrogen) atoms. The van der Waals surface area contributed by atoms with E-state index in [1.807, 2.05) is 42.6 Å². The van der Waals surface area contributed by atoms with E-state index >= 15 is 0 Å². The number of imidazole rings is 1. The van der Waals surface area contributed by atoms with Crippen molar-refractivity contribution in [2.45, 2.75) is 85.5 Å². The summed E-state index contributed by atoms with van der Waals surface area (Å²) in [5.74, 6) is 0.861. The number of rotatable bonds is 4. The average molecular weight is 763 g/mol. The van der Waals surface area contributed by atoms with E-state index in [0.717, 1.165) is 61.0 Å². The first kappa shape index (κ1) is 37.3. The highest BCUT2D eigenvalue weighted by Crippen LogP contribution is 2.45. The number of furan rings is 1. The smallest absolute Gasteiger partial charge is 0.148 e. The average Bonchev–Trinajstić information content (AvgIpc) is 3.76. The molecule has 0 spiro atoms. The van der Waals surface area contributed by atoms with Gasteiger partial charge in [0, 0.05) is 45.4 Å². The molecular weight excluding hydrogens is 713 g/mol. The van der Waals surface area contributed by atoms with E-state index in [9.17, 15) is 5.11 Å². The number of aromatic nitrogens is 4. The summed E-state index contributed by atoms with van der Waals surface area (Å²) in [6.45, 7) is 22.4. The highest BCUT2D eigenvalue weighted by molar-refractivity contribution is 6.12. The number of nitrogens with zero attached hydrogens (tertiary/aromatic N) is 4. The zero-order valence-electron chi connectivity index (χ0n) is 35.1. The molecule has 6 nitrogen and oxygen atoms in total. The minimum atomic E-state index is -0.174. The Bertz CT molecular complexity index is 3070. The van der Waals surface area contributed by atoms with Crippen molar-refractivity contribution in [3.63, 3.8) is 0 Å². The fraction of sp³-hybridized carbons (Fsp3) is 0.250. The van der Waals surface area contributed by atoms with Crippen molar-refractivity contribution in [2.24, 2.45) is 0 Å². The second kappa shape index (κ2) is 13.1. The van der Waals surface area contributed by atoms with Crippen LogP contribution in [0.25, 0.3) is 83.3 Å². The molecule has 4 aromatic heterocycles. The topological polar surface area (TPSA) is 77.0 Å². The number of phenols is 1. The van der Waals surface area contributed by atoms with E-state index in [1.54, 1.807) is 12.3 Å². The minimum Gasteiger partial charge on any atom is -0.507 e. The summed E-state index contributed by atoms with van der Waals surface area (Å²) in [5.41, 5.74) is 13.7. The number of pyridine rings is 2. The Morgan fingerprint density at radius 2 is 1.26 bits per heavy atom. The molecule has 9 rings (SSSR count). The van der Waals surface area contributed by atoms with E-state index in [0.29, 0.717) is 22.4 Å². The first-order chi connectivity index (χ1) is 27.5. The van der Waals surface area contributed by atoms with Crippen molar-refractivity contribution in [2.75, 3.05) is 0 Å². The van der Waals surface area contributed by atoms with Crippen LogP contribution in [0, 0.1) is 6.92 Å². The molecule has 0 saturated carbocycles. The van der Waals surface area contributed by atoms with Gasteiger partial charge in [-0.05, 0) is 118 Å². The molecule has 0 aliphatic rings. The highest BCUT2D eigenvalue weighted by atomic mass is 16.3. The van der Waals surface area contributed by atoms with E-state index < -0.39 is 0 Å². The summed E-state index contributed by atoms with van der Waals surface area (Å²) in [7, 11) is 0. The molecule has 0 radical (unpaired) electrons. The number of benzene rings is 5. The van der Waals surface area contributed by atoms with Crippen LogP contribution in [0.15, 0.2) is 120 Å². The van der Waals surface area contributed by atoms with E-state index in [-0.39, 0.29) is 22.0 Å². The van der Waals surface area contributed by atoms with Gasteiger partial charge in [0.25, 0.3) is 0 Å². The molecule has 1 N–H and O–H groups in total. The zero-order valence-corrected chi connectivity index (χ0v) is 35.1. The predicted octanol–water partition coefficient (Wildman–Crippen LogP) is 13.8. The van der Waals surface area contributed by atoms with E-state index in [1.165, 1.54) is 22.3 Å². The molecule has 290 valence electrons. The summed E-state index contributed by atoms with van der Waals surface area (Å²) in [5, 5.41) is 14.7. The molecule has 0 aliphatic heterocycles. The van der Waals surface area contributed by atoms with Gasteiger partial charge in [-0.25, -0.2) is 4.98 Å². The van der Waals surface area contributed by atoms with Crippen LogP contribution in [-0.4, -0.2) is 24.6 Å². The van der Waals surface area contributed by atoms with Gasteiger partial charge in [-0.3, -0.25) is 14.5 Å². The summed E-state index contributed by atoms with van der Waals surface area (Å²) in [4.78, 5) is 15.5. The molecule has 0 bridgehead atoms. The number of fused-ring (bicyclic) bond motifs is 5. The van der Waals surface area contributed by atoms with Gasteiger partial charge in [0.05, 0.1) is 16.6 Å². The number of hydrogen-bond donors (Lipinski definition) is 1. The van der Waals surface area contributed by atoms with Crippen LogP contribution in [0.1, 0.15) is 84.6 Å². The lowest BCUT2D eigenvalue weighted by atomic mass is 9.81. The first-order valence-corrected chi connectivity index (χ1v) is 20.2. The highest BCUT2D eigenvalue weighted by Gasteiger charge is 2.27. The number of aryl methyl sites for hydroxylation is 1. The minimum absolute atomic E-state index is 0.00898. The molecule has 6 heteroatoms. The lowest BCUT2D eigenvalue weighted by Crippen LogP contribution is -2.13. The molecule has 5 aromatic carbocycles. The molecule has 0 amide bonds. The second-order valence-electron chi connectivity index (χ2n) is 18.9. The van der Waals surface area contributed by atoms with Gasteiger partial charge < -0.3 is 9.52 Å². The fourth-order valence-corrected chi connectivity index (χ4v) is 8.15. The molecule has 0 saturated heterocycles. The van der Waals surface area contributed by atoms with Gasteiger partial charge in [-0.2, -0.15) is 0 Å². The monoisotopic (exact) mass is 762 g/mol. The lowest BCUT2D eigenvalue weighted by Gasteiger charge is -2.24. The number of aromatic hydroxyl groups is 1. The predicted molar refractivity (Wildman–Crippen MR) is 240 cm³/mol. The summed E-state index contributed by atoms with van der Waals surface area (Å²) >= 11 is 0. The standard InChI is InChI=1S/C52H50N4O2/c1-30-21-23-53-45-39(30)28-35(52(8,9)10)29-40(45)31-25-32(27-34(26-31)51(5,6)7)49-55-46-41(56(49)36-17-15-33(16-18-36)50(2,3)4)22-24-54-47(46)44-42(57)20-19-38-37-13-11-12-14-43(37)58-48(38)44/h11-29,57H,1-10H3. The Hall–Kier alpha value is -6.27. The maximum absolute atomic E-state index is 11.6. The van der Waals surface area contributed by atoms with Crippen molar-refractivity contribution in [1.29, 1.82) is 0 Å². The Balaban J connectivity index is 1.37. The van der Waals surface area contributed by atoms with Gasteiger partial charge in [0.15, 0.2) is 0 Å². The van der Waals surface area contributed by atoms with Gasteiger partial charge in [0.1, 0.15) is 34.0 Å². The van der Waals surface area contributed by atoms with Crippen LogP contribution in [0.5, 0.6) is 5.75 Å². The van der Waals surface area contributed by atoms with Crippen molar-refractivity contribution >= 4 is 43.9 Å². The second-order valence-corrected chi connectivity index (χ2v) is 18.9. The quantitative estimate of drug-likeness (QED) is 0.193. The van der Waals surface area contributed by atoms with Crippen LogP contribution in [0.4, 0.5) is 0 Å². The maximum Gasteiger partial charge on any atom is 0.148 e. The molecule has 4 heterocycles. The number of phenolic OH excluding ortho intramolecular Hbond substituents is 1. The molecular formula is C52H50N4O2. The van der Waals surface area contributed by atoms with Crippen LogP contribution in [0.2, 0.25) is 0 Å². The molecule has 0 fully saturated rings. The third-order valence-electron chi connectivity index (χ3n) is 11.6. The molecule has 9 aromatic rings. The molecule has 0 unspecified atom stereocenters. The third kappa shape index (κ3) is 6.23. The van der Waals surface area contributed by atoms with Crippen molar-refractivity contribution < 1.29 is 9.52 Å². The fourth-order valence-electron chi connectivity index (χ4n) is 8.15. The Morgan fingerprint density at radius 3 is 1.98 bits per heavy atom. The third-order valence-corrected chi connectivity index (χ3v) is 11.6. The van der Waals surface area contributed by atoms with Gasteiger partial charge >= 0.3 is 0 Å². The van der Waals surface area contributed by atoms with Crippen molar-refractivity contribution in [3.05, 3.63) is 138 Å². The summed E-state index contributed by atoms with van der Waals surface area (Å²) in [6, 6.07) is 36.0. The van der Waals surface area contributed by atoms with Crippen LogP contribution in [-0.2, 0) is 16.2 Å². The van der Waals surface area contributed by atoms with Crippen LogP contribution < -0.4 is 0 Å². The van der Waals surface area contributed by atoms with Crippen LogP contribution >= 0.6 is 0 Å². The van der Waals surface area contributed by atoms with Crippen molar-refractivity contribution in [1.82, 2.24) is 19.5 Å². The Kier molecular flexibility index (Phi) is 8.45. The lowest BCUT2D eigenvalue weighted by molar-refractivity contribution is 0.477. The van der Waals surface area contributed by atoms with E-state index in [2.05, 4.69) is 134 Å². The van der Waals surface area contributed by atoms with Gasteiger partial charge in [-0.1, -0.05) is 98.7 Å². The Labute approximate surface area is 340 Å².